The van der Waals surface area contributed by atoms with Gasteiger partial charge in [0.2, 0.25) is 10.0 Å². The average molecular weight is 305 g/mol. The van der Waals surface area contributed by atoms with Gasteiger partial charge < -0.3 is 4.90 Å². The quantitative estimate of drug-likeness (QED) is 0.924. The predicted octanol–water partition coefficient (Wildman–Crippen LogP) is 1.70. The van der Waals surface area contributed by atoms with Gasteiger partial charge in [0.1, 0.15) is 0 Å². The number of rotatable bonds is 3. The molecule has 0 atom stereocenters. The lowest BCUT2D eigenvalue weighted by Crippen LogP contribution is -2.20. The maximum atomic E-state index is 11.2. The largest absolute Gasteiger partial charge is 0.371 e. The Hall–Kier alpha value is -0.590. The van der Waals surface area contributed by atoms with Crippen LogP contribution < -0.4 is 10.0 Å². The first-order valence-corrected chi connectivity index (χ1v) is 7.29. The van der Waals surface area contributed by atoms with E-state index in [1.54, 1.807) is 12.1 Å². The van der Waals surface area contributed by atoms with Crippen LogP contribution in [0.25, 0.3) is 0 Å². The smallest absolute Gasteiger partial charge is 0.238 e. The molecule has 0 amide bonds. The third-order valence-electron chi connectivity index (χ3n) is 2.72. The molecule has 16 heavy (non-hydrogen) atoms. The molecule has 1 aromatic carbocycles. The number of hydrogen-bond donors (Lipinski definition) is 1. The summed E-state index contributed by atoms with van der Waals surface area (Å²) in [5.41, 5.74) is 0.995. The van der Waals surface area contributed by atoms with Crippen LogP contribution in [-0.2, 0) is 10.0 Å². The summed E-state index contributed by atoms with van der Waals surface area (Å²) in [6, 6.07) is 5.44. The second kappa shape index (κ2) is 4.01. The molecule has 0 aliphatic heterocycles. The van der Waals surface area contributed by atoms with Crippen LogP contribution in [0.3, 0.4) is 0 Å². The van der Waals surface area contributed by atoms with Gasteiger partial charge in [0.25, 0.3) is 0 Å². The third kappa shape index (κ3) is 2.39. The average Bonchev–Trinajstić information content (AvgIpc) is 2.98. The third-order valence-corrected chi connectivity index (χ3v) is 4.27. The lowest BCUT2D eigenvalue weighted by molar-refractivity contribution is 0.597. The molecule has 0 aromatic heterocycles. The summed E-state index contributed by atoms with van der Waals surface area (Å²) in [7, 11) is -1.61. The van der Waals surface area contributed by atoms with Gasteiger partial charge in [-0.25, -0.2) is 13.6 Å². The molecule has 88 valence electrons. The van der Waals surface area contributed by atoms with Crippen LogP contribution in [0.2, 0.25) is 0 Å². The van der Waals surface area contributed by atoms with Crippen molar-refractivity contribution < 1.29 is 8.42 Å². The first-order chi connectivity index (χ1) is 7.39. The highest BCUT2D eigenvalue weighted by Gasteiger charge is 2.27. The molecule has 2 N–H and O–H groups in total. The van der Waals surface area contributed by atoms with Crippen molar-refractivity contribution in [2.24, 2.45) is 5.14 Å². The Kier molecular flexibility index (Phi) is 2.98. The maximum absolute atomic E-state index is 11.2. The molecule has 1 saturated carbocycles. The van der Waals surface area contributed by atoms with E-state index in [-0.39, 0.29) is 4.90 Å². The number of anilines is 1. The fourth-order valence-electron chi connectivity index (χ4n) is 1.61. The summed E-state index contributed by atoms with van der Waals surface area (Å²) in [4.78, 5) is 2.28. The van der Waals surface area contributed by atoms with Crippen LogP contribution in [0, 0.1) is 0 Å². The minimum Gasteiger partial charge on any atom is -0.371 e. The Labute approximate surface area is 104 Å². The Bertz CT molecular complexity index is 512. The number of primary sulfonamides is 1. The fourth-order valence-corrected chi connectivity index (χ4v) is 2.96. The van der Waals surface area contributed by atoms with E-state index in [4.69, 9.17) is 5.14 Å². The molecule has 0 unspecified atom stereocenters. The van der Waals surface area contributed by atoms with Gasteiger partial charge in [0, 0.05) is 17.6 Å². The molecule has 0 radical (unpaired) electrons. The Morgan fingerprint density at radius 1 is 1.44 bits per heavy atom. The minimum atomic E-state index is -3.62. The fraction of sp³-hybridized carbons (Fsp3) is 0.400. The highest BCUT2D eigenvalue weighted by atomic mass is 79.9. The molecule has 1 fully saturated rings. The van der Waals surface area contributed by atoms with Crippen LogP contribution in [0.4, 0.5) is 5.69 Å². The van der Waals surface area contributed by atoms with E-state index >= 15 is 0 Å². The van der Waals surface area contributed by atoms with Gasteiger partial charge in [-0.15, -0.1) is 0 Å². The molecule has 1 aromatic rings. The van der Waals surface area contributed by atoms with Crippen molar-refractivity contribution in [2.75, 3.05) is 11.9 Å². The molecule has 0 bridgehead atoms. The van der Waals surface area contributed by atoms with E-state index in [1.165, 1.54) is 18.9 Å². The number of nitrogens with two attached hydrogens (primary N) is 1. The molecular weight excluding hydrogens is 292 g/mol. The lowest BCUT2D eigenvalue weighted by Gasteiger charge is -2.20. The van der Waals surface area contributed by atoms with Gasteiger partial charge in [-0.3, -0.25) is 0 Å². The van der Waals surface area contributed by atoms with Gasteiger partial charge in [-0.05, 0) is 47.0 Å². The number of nitrogens with zero attached hydrogens (tertiary/aromatic N) is 1. The molecule has 0 heterocycles. The molecule has 2 rings (SSSR count). The van der Waals surface area contributed by atoms with E-state index in [0.717, 1.165) is 10.2 Å². The number of sulfonamides is 1. The molecule has 6 heteroatoms. The zero-order chi connectivity index (χ0) is 11.9. The normalized spacial score (nSPS) is 16.2. The second-order valence-electron chi connectivity index (χ2n) is 4.00. The molecule has 1 aliphatic carbocycles. The zero-order valence-electron chi connectivity index (χ0n) is 8.85. The topological polar surface area (TPSA) is 63.4 Å². The van der Waals surface area contributed by atoms with Gasteiger partial charge in [0.05, 0.1) is 10.6 Å². The standard InChI is InChI=1S/C10H13BrN2O2S/c1-13(7-2-3-7)10-5-4-8(6-9(10)11)16(12,14)15/h4-7H,2-3H2,1H3,(H2,12,14,15). The van der Waals surface area contributed by atoms with Crippen molar-refractivity contribution >= 4 is 31.6 Å². The predicted molar refractivity (Wildman–Crippen MR) is 66.9 cm³/mol. The van der Waals surface area contributed by atoms with E-state index in [0.29, 0.717) is 6.04 Å². The highest BCUT2D eigenvalue weighted by molar-refractivity contribution is 9.10. The summed E-state index contributed by atoms with van der Waals surface area (Å²) < 4.78 is 23.1. The molecular formula is C10H13BrN2O2S. The van der Waals surface area contributed by atoms with Crippen molar-refractivity contribution in [2.45, 2.75) is 23.8 Å². The number of halogens is 1. The van der Waals surface area contributed by atoms with Crippen molar-refractivity contribution in [3.05, 3.63) is 22.7 Å². The van der Waals surface area contributed by atoms with Gasteiger partial charge in [-0.2, -0.15) is 0 Å². The molecule has 0 saturated heterocycles. The Morgan fingerprint density at radius 3 is 2.50 bits per heavy atom. The summed E-state index contributed by atoms with van der Waals surface area (Å²) in [5.74, 6) is 0. The highest BCUT2D eigenvalue weighted by Crippen LogP contribution is 2.35. The minimum absolute atomic E-state index is 0.132. The van der Waals surface area contributed by atoms with Crippen LogP contribution in [0.15, 0.2) is 27.6 Å². The van der Waals surface area contributed by atoms with Gasteiger partial charge in [-0.1, -0.05) is 0 Å². The van der Waals surface area contributed by atoms with E-state index in [9.17, 15) is 8.42 Å². The first kappa shape index (κ1) is 11.9. The molecule has 1 aliphatic rings. The summed E-state index contributed by atoms with van der Waals surface area (Å²) in [6.45, 7) is 0. The molecule has 0 spiro atoms. The van der Waals surface area contributed by atoms with Gasteiger partial charge >= 0.3 is 0 Å². The van der Waals surface area contributed by atoms with Crippen molar-refractivity contribution in [3.63, 3.8) is 0 Å². The van der Waals surface area contributed by atoms with Crippen LogP contribution in [0.5, 0.6) is 0 Å². The summed E-state index contributed by atoms with van der Waals surface area (Å²) in [6.07, 6.45) is 2.39. The van der Waals surface area contributed by atoms with Crippen LogP contribution >= 0.6 is 15.9 Å². The zero-order valence-corrected chi connectivity index (χ0v) is 11.3. The number of benzene rings is 1. The maximum Gasteiger partial charge on any atom is 0.238 e. The Balaban J connectivity index is 2.36. The first-order valence-electron chi connectivity index (χ1n) is 4.95. The van der Waals surface area contributed by atoms with Gasteiger partial charge in [0.15, 0.2) is 0 Å². The lowest BCUT2D eigenvalue weighted by atomic mass is 10.3. The van der Waals surface area contributed by atoms with Crippen LogP contribution in [-0.4, -0.2) is 21.5 Å². The van der Waals surface area contributed by atoms with E-state index < -0.39 is 10.0 Å². The SMILES string of the molecule is CN(c1ccc(S(N)(=O)=O)cc1Br)C1CC1. The van der Waals surface area contributed by atoms with E-state index in [2.05, 4.69) is 20.8 Å². The Morgan fingerprint density at radius 2 is 2.06 bits per heavy atom. The van der Waals surface area contributed by atoms with Crippen molar-refractivity contribution in [1.82, 2.24) is 0 Å². The number of hydrogen-bond acceptors (Lipinski definition) is 3. The van der Waals surface area contributed by atoms with Crippen LogP contribution in [0.1, 0.15) is 12.8 Å². The second-order valence-corrected chi connectivity index (χ2v) is 6.42. The van der Waals surface area contributed by atoms with E-state index in [1.807, 2.05) is 7.05 Å². The van der Waals surface area contributed by atoms with Crippen molar-refractivity contribution in [3.8, 4) is 0 Å². The summed E-state index contributed by atoms with van der Waals surface area (Å²) in [5, 5.41) is 5.06. The molecule has 4 nitrogen and oxygen atoms in total. The summed E-state index contributed by atoms with van der Waals surface area (Å²) >= 11 is 3.37. The monoisotopic (exact) mass is 304 g/mol. The van der Waals surface area contributed by atoms with Crippen molar-refractivity contribution in [1.29, 1.82) is 0 Å².